The summed E-state index contributed by atoms with van der Waals surface area (Å²) in [6.45, 7) is 2.03. The Kier molecular flexibility index (Phi) is 5.14. The van der Waals surface area contributed by atoms with Crippen LogP contribution < -0.4 is 10.1 Å². The average molecular weight is 335 g/mol. The molecule has 0 unspecified atom stereocenters. The molecular formula is C20H21N3O2. The maximum atomic E-state index is 12.5. The number of nitrogens with one attached hydrogen (secondary N) is 2. The fourth-order valence-electron chi connectivity index (χ4n) is 2.72. The molecule has 128 valence electrons. The molecule has 2 N–H and O–H groups in total. The van der Waals surface area contributed by atoms with Gasteiger partial charge in [-0.15, -0.1) is 0 Å². The van der Waals surface area contributed by atoms with Crippen molar-refractivity contribution in [3.8, 4) is 17.0 Å². The van der Waals surface area contributed by atoms with Crippen molar-refractivity contribution in [3.05, 3.63) is 65.9 Å². The van der Waals surface area contributed by atoms with Crippen LogP contribution >= 0.6 is 0 Å². The zero-order valence-electron chi connectivity index (χ0n) is 14.4. The van der Waals surface area contributed by atoms with Gasteiger partial charge in [0.05, 0.1) is 24.9 Å². The number of benzene rings is 2. The van der Waals surface area contributed by atoms with Gasteiger partial charge in [0.15, 0.2) is 0 Å². The summed E-state index contributed by atoms with van der Waals surface area (Å²) < 4.78 is 5.21. The predicted molar refractivity (Wildman–Crippen MR) is 98.7 cm³/mol. The molecule has 0 bridgehead atoms. The van der Waals surface area contributed by atoms with Crippen LogP contribution in [0.1, 0.15) is 18.2 Å². The van der Waals surface area contributed by atoms with E-state index in [1.807, 2.05) is 61.5 Å². The summed E-state index contributed by atoms with van der Waals surface area (Å²) in [7, 11) is 1.62. The molecule has 3 rings (SSSR count). The number of anilines is 1. The second kappa shape index (κ2) is 7.66. The number of hydrogen-bond donors (Lipinski definition) is 2. The first-order chi connectivity index (χ1) is 12.2. The van der Waals surface area contributed by atoms with Crippen LogP contribution in [0.15, 0.2) is 54.6 Å². The maximum absolute atomic E-state index is 12.5. The first kappa shape index (κ1) is 16.8. The van der Waals surface area contributed by atoms with E-state index < -0.39 is 0 Å². The third-order valence-electron chi connectivity index (χ3n) is 4.01. The Morgan fingerprint density at radius 3 is 2.68 bits per heavy atom. The van der Waals surface area contributed by atoms with Crippen molar-refractivity contribution in [2.24, 2.45) is 0 Å². The highest BCUT2D eigenvalue weighted by Crippen LogP contribution is 2.29. The fraction of sp³-hybridized carbons (Fsp3) is 0.200. The molecule has 2 aromatic carbocycles. The molecule has 0 fully saturated rings. The minimum atomic E-state index is -0.0819. The van der Waals surface area contributed by atoms with E-state index in [4.69, 9.17) is 4.74 Å². The lowest BCUT2D eigenvalue weighted by atomic mass is 10.1. The smallest absolute Gasteiger partial charge is 0.228 e. The van der Waals surface area contributed by atoms with Crippen molar-refractivity contribution in [2.45, 2.75) is 19.8 Å². The molecule has 5 heteroatoms. The molecule has 25 heavy (non-hydrogen) atoms. The normalized spacial score (nSPS) is 10.5. The number of ether oxygens (including phenoxy) is 1. The number of carbonyl (C=O) groups excluding carboxylic acids is 1. The third-order valence-corrected chi connectivity index (χ3v) is 4.01. The van der Waals surface area contributed by atoms with E-state index in [0.29, 0.717) is 0 Å². The third kappa shape index (κ3) is 3.88. The van der Waals surface area contributed by atoms with Crippen LogP contribution in [0.5, 0.6) is 5.75 Å². The summed E-state index contributed by atoms with van der Waals surface area (Å²) in [6, 6.07) is 17.4. The first-order valence-corrected chi connectivity index (χ1v) is 8.26. The molecule has 5 nitrogen and oxygen atoms in total. The number of carbonyl (C=O) groups is 1. The van der Waals surface area contributed by atoms with E-state index in [2.05, 4.69) is 15.5 Å². The zero-order chi connectivity index (χ0) is 17.6. The van der Waals surface area contributed by atoms with E-state index in [1.165, 1.54) is 0 Å². The van der Waals surface area contributed by atoms with Crippen molar-refractivity contribution < 1.29 is 9.53 Å². The summed E-state index contributed by atoms with van der Waals surface area (Å²) in [5.41, 5.74) is 4.30. The molecule has 0 atom stereocenters. The van der Waals surface area contributed by atoms with Gasteiger partial charge in [0.1, 0.15) is 11.4 Å². The van der Waals surface area contributed by atoms with Gasteiger partial charge in [-0.25, -0.2) is 0 Å². The zero-order valence-corrected chi connectivity index (χ0v) is 14.4. The van der Waals surface area contributed by atoms with Gasteiger partial charge < -0.3 is 10.1 Å². The van der Waals surface area contributed by atoms with Crippen LogP contribution in [-0.2, 0) is 17.6 Å². The Balaban J connectivity index is 1.82. The number of H-pyrrole nitrogens is 1. The predicted octanol–water partition coefficient (Wildman–Crippen LogP) is 3.83. The van der Waals surface area contributed by atoms with Gasteiger partial charge in [-0.2, -0.15) is 5.10 Å². The van der Waals surface area contributed by atoms with Gasteiger partial charge in [-0.05, 0) is 24.1 Å². The lowest BCUT2D eigenvalue weighted by Crippen LogP contribution is -2.15. The Morgan fingerprint density at radius 1 is 1.16 bits per heavy atom. The molecule has 3 aromatic rings. The molecule has 1 aromatic heterocycles. The molecule has 0 saturated heterocycles. The van der Waals surface area contributed by atoms with Gasteiger partial charge in [0.25, 0.3) is 0 Å². The molecule has 0 aliphatic rings. The summed E-state index contributed by atoms with van der Waals surface area (Å²) >= 11 is 0. The SMILES string of the molecule is CCc1[nH]nc(-c2ccccc2)c1NC(=O)Cc1cccc(OC)c1. The summed E-state index contributed by atoms with van der Waals surface area (Å²) in [4.78, 5) is 12.5. The maximum Gasteiger partial charge on any atom is 0.228 e. The lowest BCUT2D eigenvalue weighted by Gasteiger charge is -2.09. The Hall–Kier alpha value is -3.08. The lowest BCUT2D eigenvalue weighted by molar-refractivity contribution is -0.115. The standard InChI is InChI=1S/C20H21N3O2/c1-3-17-20(19(23-22-17)15-9-5-4-6-10-15)21-18(24)13-14-8-7-11-16(12-14)25-2/h4-12H,3,13H2,1-2H3,(H,21,24)(H,22,23). The second-order valence-electron chi connectivity index (χ2n) is 5.72. The largest absolute Gasteiger partial charge is 0.497 e. The van der Waals surface area contributed by atoms with Gasteiger partial charge in [0, 0.05) is 5.56 Å². The Bertz CT molecular complexity index is 856. The molecule has 0 aliphatic heterocycles. The van der Waals surface area contributed by atoms with E-state index >= 15 is 0 Å². The Morgan fingerprint density at radius 2 is 1.96 bits per heavy atom. The fourth-order valence-corrected chi connectivity index (χ4v) is 2.72. The molecule has 0 spiro atoms. The van der Waals surface area contributed by atoms with E-state index in [9.17, 15) is 4.79 Å². The van der Waals surface area contributed by atoms with Gasteiger partial charge in [-0.3, -0.25) is 9.89 Å². The van der Waals surface area contributed by atoms with Crippen molar-refractivity contribution in [1.29, 1.82) is 0 Å². The first-order valence-electron chi connectivity index (χ1n) is 8.26. The van der Waals surface area contributed by atoms with Crippen LogP contribution in [0.4, 0.5) is 5.69 Å². The monoisotopic (exact) mass is 335 g/mol. The minimum absolute atomic E-state index is 0.0819. The second-order valence-corrected chi connectivity index (χ2v) is 5.72. The van der Waals surface area contributed by atoms with Crippen molar-refractivity contribution in [3.63, 3.8) is 0 Å². The van der Waals surface area contributed by atoms with Crippen LogP contribution in [-0.4, -0.2) is 23.2 Å². The summed E-state index contributed by atoms with van der Waals surface area (Å²) in [6.07, 6.45) is 1.04. The number of methoxy groups -OCH3 is 1. The summed E-state index contributed by atoms with van der Waals surface area (Å²) in [5, 5.41) is 10.4. The van der Waals surface area contributed by atoms with E-state index in [-0.39, 0.29) is 12.3 Å². The Labute approximate surface area is 147 Å². The minimum Gasteiger partial charge on any atom is -0.497 e. The van der Waals surface area contributed by atoms with Gasteiger partial charge in [0.2, 0.25) is 5.91 Å². The topological polar surface area (TPSA) is 67.0 Å². The number of amides is 1. The molecule has 0 saturated carbocycles. The average Bonchev–Trinajstić information content (AvgIpc) is 3.05. The molecule has 1 heterocycles. The van der Waals surface area contributed by atoms with E-state index in [0.717, 1.165) is 40.4 Å². The number of aryl methyl sites for hydroxylation is 1. The summed E-state index contributed by atoms with van der Waals surface area (Å²) in [5.74, 6) is 0.661. The van der Waals surface area contributed by atoms with Crippen LogP contribution in [0.25, 0.3) is 11.3 Å². The molecule has 0 radical (unpaired) electrons. The van der Waals surface area contributed by atoms with Crippen LogP contribution in [0, 0.1) is 0 Å². The highest BCUT2D eigenvalue weighted by atomic mass is 16.5. The number of aromatic nitrogens is 2. The molecule has 1 amide bonds. The quantitative estimate of drug-likeness (QED) is 0.719. The molecule has 0 aliphatic carbocycles. The van der Waals surface area contributed by atoms with Crippen molar-refractivity contribution in [2.75, 3.05) is 12.4 Å². The highest BCUT2D eigenvalue weighted by molar-refractivity contribution is 5.96. The van der Waals surface area contributed by atoms with Gasteiger partial charge >= 0.3 is 0 Å². The number of aromatic amines is 1. The number of hydrogen-bond acceptors (Lipinski definition) is 3. The van der Waals surface area contributed by atoms with Crippen LogP contribution in [0.3, 0.4) is 0 Å². The van der Waals surface area contributed by atoms with Crippen LogP contribution in [0.2, 0.25) is 0 Å². The number of rotatable bonds is 6. The number of nitrogens with zero attached hydrogens (tertiary/aromatic N) is 1. The van der Waals surface area contributed by atoms with E-state index in [1.54, 1.807) is 7.11 Å². The molecular weight excluding hydrogens is 314 g/mol. The van der Waals surface area contributed by atoms with Gasteiger partial charge in [-0.1, -0.05) is 49.4 Å². The highest BCUT2D eigenvalue weighted by Gasteiger charge is 2.16. The van der Waals surface area contributed by atoms with Crippen molar-refractivity contribution >= 4 is 11.6 Å². The van der Waals surface area contributed by atoms with Crippen molar-refractivity contribution in [1.82, 2.24) is 10.2 Å².